The number of amides is 1. The number of fused-ring (bicyclic) bond motifs is 1. The molecule has 5 rings (SSSR count). The summed E-state index contributed by atoms with van der Waals surface area (Å²) in [6, 6.07) is 10.6. The predicted molar refractivity (Wildman–Crippen MR) is 153 cm³/mol. The van der Waals surface area contributed by atoms with Crippen molar-refractivity contribution < 1.29 is 9.53 Å². The first kappa shape index (κ1) is 27.6. The van der Waals surface area contributed by atoms with Crippen LogP contribution in [0.1, 0.15) is 36.8 Å². The standard InChI is InChI=1S/C27H27Cl3N6O3/c1-15(2)24-23-26(36(34-24)25-19(29)12-17(28)13-20(25)30)32-21(33-27(23)38)11-16-3-5-18(6-4-16)31-22(37)14-35-7-9-39-10-8-35/h3-6,12-13,15,34H,7-11,14H2,1-2H3,(H,31,37). The number of benzene rings is 2. The number of aromatic nitrogens is 4. The third kappa shape index (κ3) is 6.13. The lowest BCUT2D eigenvalue weighted by atomic mass is 10.1. The predicted octanol–water partition coefficient (Wildman–Crippen LogP) is 5.01. The van der Waals surface area contributed by atoms with Gasteiger partial charge in [-0.05, 0) is 35.7 Å². The molecule has 3 aliphatic heterocycles. The van der Waals surface area contributed by atoms with Crippen molar-refractivity contribution in [3.05, 3.63) is 78.9 Å². The molecule has 1 fully saturated rings. The monoisotopic (exact) mass is 588 g/mol. The Kier molecular flexibility index (Phi) is 8.25. The summed E-state index contributed by atoms with van der Waals surface area (Å²) in [5.41, 5.74) is 2.70. The average molecular weight is 590 g/mol. The van der Waals surface area contributed by atoms with Gasteiger partial charge in [0.1, 0.15) is 17.1 Å². The average Bonchev–Trinajstić information content (AvgIpc) is 3.25. The summed E-state index contributed by atoms with van der Waals surface area (Å²) >= 11 is 19.1. The molecule has 3 aliphatic rings. The van der Waals surface area contributed by atoms with Gasteiger partial charge in [0.2, 0.25) is 5.91 Å². The lowest BCUT2D eigenvalue weighted by Gasteiger charge is -2.25. The van der Waals surface area contributed by atoms with E-state index >= 15 is 0 Å². The van der Waals surface area contributed by atoms with Crippen LogP contribution in [0.3, 0.4) is 0 Å². The van der Waals surface area contributed by atoms with E-state index in [4.69, 9.17) is 44.5 Å². The highest BCUT2D eigenvalue weighted by atomic mass is 35.5. The fourth-order valence-electron chi connectivity index (χ4n) is 4.56. The van der Waals surface area contributed by atoms with E-state index in [1.165, 1.54) is 0 Å². The van der Waals surface area contributed by atoms with Crippen LogP contribution >= 0.6 is 34.8 Å². The van der Waals surface area contributed by atoms with Crippen molar-refractivity contribution in [2.24, 2.45) is 0 Å². The van der Waals surface area contributed by atoms with E-state index in [2.05, 4.69) is 20.3 Å². The number of aromatic amines is 1. The van der Waals surface area contributed by atoms with Crippen molar-refractivity contribution >= 4 is 46.4 Å². The molecule has 0 aromatic heterocycles. The van der Waals surface area contributed by atoms with Crippen LogP contribution in [0.2, 0.25) is 15.1 Å². The highest BCUT2D eigenvalue weighted by Gasteiger charge is 2.27. The Morgan fingerprint density at radius 3 is 2.38 bits per heavy atom. The second-order valence-electron chi connectivity index (χ2n) is 9.69. The zero-order valence-corrected chi connectivity index (χ0v) is 23.7. The van der Waals surface area contributed by atoms with Crippen LogP contribution in [0.15, 0.2) is 41.2 Å². The van der Waals surface area contributed by atoms with Crippen LogP contribution < -0.4 is 10.9 Å². The molecule has 0 unspecified atom stereocenters. The van der Waals surface area contributed by atoms with Crippen LogP contribution in [-0.4, -0.2) is 63.4 Å². The smallest absolute Gasteiger partial charge is 0.284 e. The minimum Gasteiger partial charge on any atom is -0.379 e. The van der Waals surface area contributed by atoms with Crippen LogP contribution in [-0.2, 0) is 16.0 Å². The van der Waals surface area contributed by atoms with Gasteiger partial charge >= 0.3 is 0 Å². The van der Waals surface area contributed by atoms with Crippen molar-refractivity contribution in [3.8, 4) is 17.1 Å². The molecule has 9 nitrogen and oxygen atoms in total. The van der Waals surface area contributed by atoms with E-state index in [-0.39, 0.29) is 17.4 Å². The molecule has 0 saturated carbocycles. The Morgan fingerprint density at radius 1 is 1.08 bits per heavy atom. The molecule has 2 aromatic carbocycles. The summed E-state index contributed by atoms with van der Waals surface area (Å²) in [5, 5.41) is 7.19. The van der Waals surface area contributed by atoms with E-state index in [0.717, 1.165) is 18.7 Å². The van der Waals surface area contributed by atoms with Crippen LogP contribution in [0.5, 0.6) is 0 Å². The Hall–Kier alpha value is -2.95. The summed E-state index contributed by atoms with van der Waals surface area (Å²) in [5.74, 6) is 0.645. The summed E-state index contributed by atoms with van der Waals surface area (Å²) in [6.45, 7) is 7.03. The van der Waals surface area contributed by atoms with Gasteiger partial charge in [0, 0.05) is 30.2 Å². The Balaban J connectivity index is 1.41. The molecule has 0 spiro atoms. The van der Waals surface area contributed by atoms with Crippen molar-refractivity contribution in [1.82, 2.24) is 24.6 Å². The van der Waals surface area contributed by atoms with Gasteiger partial charge in [-0.25, -0.2) is 9.67 Å². The van der Waals surface area contributed by atoms with Gasteiger partial charge in [0.15, 0.2) is 5.82 Å². The maximum Gasteiger partial charge on any atom is 0.284 e. The van der Waals surface area contributed by atoms with Crippen LogP contribution in [0, 0.1) is 0 Å². The molecule has 204 valence electrons. The first-order chi connectivity index (χ1) is 18.7. The van der Waals surface area contributed by atoms with Gasteiger partial charge < -0.3 is 10.1 Å². The van der Waals surface area contributed by atoms with Gasteiger partial charge in [0.05, 0.1) is 35.5 Å². The normalized spacial score (nSPS) is 14.3. The number of nitrogens with zero attached hydrogens (tertiary/aromatic N) is 4. The molecule has 0 aliphatic carbocycles. The van der Waals surface area contributed by atoms with Gasteiger partial charge in [0.25, 0.3) is 5.56 Å². The number of hydrogen-bond donors (Lipinski definition) is 2. The zero-order chi connectivity index (χ0) is 27.7. The number of rotatable bonds is 7. The quantitative estimate of drug-likeness (QED) is 0.314. The number of nitrogens with one attached hydrogen (secondary N) is 2. The van der Waals surface area contributed by atoms with E-state index in [1.54, 1.807) is 16.8 Å². The largest absolute Gasteiger partial charge is 0.379 e. The third-order valence-corrected chi connectivity index (χ3v) is 7.26. The first-order valence-electron chi connectivity index (χ1n) is 12.5. The molecule has 0 atom stereocenters. The topological polar surface area (TPSA) is 105 Å². The first-order valence-corrected chi connectivity index (χ1v) is 13.7. The summed E-state index contributed by atoms with van der Waals surface area (Å²) in [4.78, 5) is 36.7. The van der Waals surface area contributed by atoms with Crippen LogP contribution in [0.25, 0.3) is 17.1 Å². The lowest BCUT2D eigenvalue weighted by Crippen LogP contribution is -2.41. The summed E-state index contributed by atoms with van der Waals surface area (Å²) in [7, 11) is 0. The lowest BCUT2D eigenvalue weighted by molar-refractivity contribution is -0.118. The minimum atomic E-state index is -0.387. The van der Waals surface area contributed by atoms with E-state index in [0.29, 0.717) is 75.5 Å². The molecule has 1 amide bonds. The third-order valence-electron chi connectivity index (χ3n) is 6.47. The second-order valence-corrected chi connectivity index (χ2v) is 10.9. The van der Waals surface area contributed by atoms with Crippen LogP contribution in [0.4, 0.5) is 5.69 Å². The molecular formula is C27H27Cl3N6O3. The molecular weight excluding hydrogens is 563 g/mol. The van der Waals surface area contributed by atoms with Gasteiger partial charge in [-0.3, -0.25) is 19.6 Å². The molecule has 0 radical (unpaired) electrons. The number of H-pyrrole nitrogens is 1. The molecule has 3 heterocycles. The number of halogens is 3. The zero-order valence-electron chi connectivity index (χ0n) is 21.4. The number of morpholine rings is 1. The van der Waals surface area contributed by atoms with Crippen molar-refractivity contribution in [3.63, 3.8) is 0 Å². The molecule has 1 saturated heterocycles. The molecule has 39 heavy (non-hydrogen) atoms. The minimum absolute atomic E-state index is 0.00764. The maximum absolute atomic E-state index is 13.2. The summed E-state index contributed by atoms with van der Waals surface area (Å²) < 4.78 is 6.94. The number of hydrogen-bond acceptors (Lipinski definition) is 6. The van der Waals surface area contributed by atoms with Gasteiger partial charge in [-0.1, -0.05) is 60.8 Å². The number of carbonyl (C=O) groups excluding carboxylic acids is 1. The highest BCUT2D eigenvalue weighted by Crippen LogP contribution is 2.36. The Morgan fingerprint density at radius 2 is 1.74 bits per heavy atom. The highest BCUT2D eigenvalue weighted by molar-refractivity contribution is 6.40. The van der Waals surface area contributed by atoms with E-state index in [1.807, 2.05) is 38.1 Å². The second kappa shape index (κ2) is 11.7. The number of anilines is 1. The maximum atomic E-state index is 13.2. The van der Waals surface area contributed by atoms with Gasteiger partial charge in [-0.2, -0.15) is 4.98 Å². The fraction of sp³-hybridized carbons (Fsp3) is 0.333. The Bertz CT molecular complexity index is 1500. The van der Waals surface area contributed by atoms with E-state index in [9.17, 15) is 9.59 Å². The molecule has 12 heteroatoms. The number of carbonyl (C=O) groups is 1. The summed E-state index contributed by atoms with van der Waals surface area (Å²) in [6.07, 6.45) is 0.317. The van der Waals surface area contributed by atoms with Crippen molar-refractivity contribution in [2.45, 2.75) is 26.2 Å². The van der Waals surface area contributed by atoms with E-state index < -0.39 is 0 Å². The van der Waals surface area contributed by atoms with Crippen molar-refractivity contribution in [1.29, 1.82) is 0 Å². The number of ether oxygens (including phenoxy) is 1. The molecule has 0 bridgehead atoms. The molecule has 2 N–H and O–H groups in total. The fourth-order valence-corrected chi connectivity index (χ4v) is 5.54. The van der Waals surface area contributed by atoms with Crippen molar-refractivity contribution in [2.75, 3.05) is 38.2 Å². The Labute approximate surface area is 240 Å². The SMILES string of the molecule is CC(C)c1[nH]n(-c2c(Cl)cc(Cl)cc2Cl)c2nc(Cc3ccc(NC(=O)CN4CCOCC4)cc3)nc(=O)c1-2. The van der Waals surface area contributed by atoms with Gasteiger partial charge in [-0.15, -0.1) is 0 Å². The molecule has 2 aromatic rings.